The van der Waals surface area contributed by atoms with Crippen LogP contribution in [0.5, 0.6) is 0 Å². The average molecular weight is 186 g/mol. The van der Waals surface area contributed by atoms with Gasteiger partial charge in [0.05, 0.1) is 0 Å². The third kappa shape index (κ3) is 1.86. The summed E-state index contributed by atoms with van der Waals surface area (Å²) in [5.74, 6) is 0. The molecule has 2 fully saturated rings. The number of halogens is 1. The SMILES string of the molecule is NC1CCCC(F)(C2CCCN2)C1. The van der Waals surface area contributed by atoms with Crippen LogP contribution in [0.15, 0.2) is 0 Å². The molecule has 76 valence electrons. The Hall–Kier alpha value is -0.150. The third-order valence-corrected chi connectivity index (χ3v) is 3.45. The van der Waals surface area contributed by atoms with Crippen molar-refractivity contribution in [3.63, 3.8) is 0 Å². The second-order valence-electron chi connectivity index (χ2n) is 4.54. The first kappa shape index (κ1) is 9.41. The lowest BCUT2D eigenvalue weighted by atomic mass is 9.78. The third-order valence-electron chi connectivity index (χ3n) is 3.45. The molecule has 2 aliphatic rings. The maximum absolute atomic E-state index is 14.4. The Kier molecular flexibility index (Phi) is 2.56. The molecule has 2 nitrogen and oxygen atoms in total. The lowest BCUT2D eigenvalue weighted by Gasteiger charge is -2.37. The summed E-state index contributed by atoms with van der Waals surface area (Å²) in [6.07, 6.45) is 5.33. The van der Waals surface area contributed by atoms with Crippen LogP contribution in [0.4, 0.5) is 4.39 Å². The Balaban J connectivity index is 2.00. The highest BCUT2D eigenvalue weighted by Crippen LogP contribution is 2.37. The molecule has 13 heavy (non-hydrogen) atoms. The second kappa shape index (κ2) is 3.54. The van der Waals surface area contributed by atoms with Crippen LogP contribution in [0.25, 0.3) is 0 Å². The highest BCUT2D eigenvalue weighted by Gasteiger charge is 2.43. The maximum Gasteiger partial charge on any atom is 0.127 e. The quantitative estimate of drug-likeness (QED) is 0.648. The molecule has 2 rings (SSSR count). The zero-order valence-electron chi connectivity index (χ0n) is 8.06. The van der Waals surface area contributed by atoms with Crippen molar-refractivity contribution in [2.75, 3.05) is 6.54 Å². The minimum Gasteiger partial charge on any atom is -0.328 e. The number of alkyl halides is 1. The zero-order chi connectivity index (χ0) is 9.31. The minimum atomic E-state index is -1.01. The highest BCUT2D eigenvalue weighted by molar-refractivity contribution is 4.99. The van der Waals surface area contributed by atoms with Crippen LogP contribution < -0.4 is 11.1 Å². The van der Waals surface area contributed by atoms with Gasteiger partial charge in [-0.25, -0.2) is 4.39 Å². The molecule has 1 aliphatic carbocycles. The van der Waals surface area contributed by atoms with E-state index in [0.29, 0.717) is 12.8 Å². The van der Waals surface area contributed by atoms with E-state index in [1.54, 1.807) is 0 Å². The fraction of sp³-hybridized carbons (Fsp3) is 1.00. The van der Waals surface area contributed by atoms with Crippen LogP contribution in [0.2, 0.25) is 0 Å². The van der Waals surface area contributed by atoms with Gasteiger partial charge in [0.15, 0.2) is 0 Å². The summed E-state index contributed by atoms with van der Waals surface area (Å²) < 4.78 is 14.4. The fourth-order valence-corrected chi connectivity index (χ4v) is 2.74. The van der Waals surface area contributed by atoms with Crippen LogP contribution in [0, 0.1) is 0 Å². The van der Waals surface area contributed by atoms with E-state index in [1.807, 2.05) is 0 Å². The topological polar surface area (TPSA) is 38.0 Å². The number of hydrogen-bond donors (Lipinski definition) is 2. The van der Waals surface area contributed by atoms with Gasteiger partial charge < -0.3 is 11.1 Å². The van der Waals surface area contributed by atoms with Gasteiger partial charge >= 0.3 is 0 Å². The smallest absolute Gasteiger partial charge is 0.127 e. The van der Waals surface area contributed by atoms with Crippen LogP contribution in [-0.2, 0) is 0 Å². The van der Waals surface area contributed by atoms with Crippen LogP contribution >= 0.6 is 0 Å². The molecule has 3 N–H and O–H groups in total. The van der Waals surface area contributed by atoms with Crippen molar-refractivity contribution in [3.05, 3.63) is 0 Å². The summed E-state index contributed by atoms with van der Waals surface area (Å²) in [5.41, 5.74) is 4.80. The van der Waals surface area contributed by atoms with E-state index >= 15 is 0 Å². The summed E-state index contributed by atoms with van der Waals surface area (Å²) in [7, 11) is 0. The Bertz CT molecular complexity index is 180. The van der Waals surface area contributed by atoms with Gasteiger partial charge in [-0.05, 0) is 45.1 Å². The highest BCUT2D eigenvalue weighted by atomic mass is 19.1. The number of nitrogens with two attached hydrogens (primary N) is 1. The molecule has 1 aliphatic heterocycles. The van der Waals surface area contributed by atoms with Crippen molar-refractivity contribution in [2.24, 2.45) is 5.73 Å². The lowest BCUT2D eigenvalue weighted by molar-refractivity contribution is 0.0589. The molecule has 3 unspecified atom stereocenters. The van der Waals surface area contributed by atoms with Crippen molar-refractivity contribution in [1.82, 2.24) is 5.32 Å². The summed E-state index contributed by atoms with van der Waals surface area (Å²) in [5, 5.41) is 3.26. The first-order chi connectivity index (χ1) is 6.21. The molecule has 0 spiro atoms. The van der Waals surface area contributed by atoms with Crippen molar-refractivity contribution in [3.8, 4) is 0 Å². The molecule has 1 saturated heterocycles. The van der Waals surface area contributed by atoms with E-state index in [1.165, 1.54) is 0 Å². The minimum absolute atomic E-state index is 0.0823. The first-order valence-electron chi connectivity index (χ1n) is 5.39. The van der Waals surface area contributed by atoms with Gasteiger partial charge in [0, 0.05) is 12.1 Å². The van der Waals surface area contributed by atoms with Crippen LogP contribution in [-0.4, -0.2) is 24.3 Å². The van der Waals surface area contributed by atoms with Gasteiger partial charge in [0.25, 0.3) is 0 Å². The summed E-state index contributed by atoms with van der Waals surface area (Å²) in [4.78, 5) is 0. The Morgan fingerprint density at radius 3 is 2.77 bits per heavy atom. The molecule has 1 heterocycles. The molecule has 0 bridgehead atoms. The predicted octanol–water partition coefficient (Wildman–Crippen LogP) is 1.35. The average Bonchev–Trinajstić information content (AvgIpc) is 2.55. The van der Waals surface area contributed by atoms with Gasteiger partial charge in [-0.2, -0.15) is 0 Å². The van der Waals surface area contributed by atoms with Gasteiger partial charge in [0.2, 0.25) is 0 Å². The van der Waals surface area contributed by atoms with Crippen LogP contribution in [0.1, 0.15) is 38.5 Å². The van der Waals surface area contributed by atoms with E-state index in [4.69, 9.17) is 5.73 Å². The van der Waals surface area contributed by atoms with Gasteiger partial charge in [-0.3, -0.25) is 0 Å². The molecular formula is C10H19FN2. The summed E-state index contributed by atoms with van der Waals surface area (Å²) in [6, 6.07) is 0.167. The maximum atomic E-state index is 14.4. The largest absolute Gasteiger partial charge is 0.328 e. The molecule has 0 aromatic rings. The number of rotatable bonds is 1. The Morgan fingerprint density at radius 2 is 2.15 bits per heavy atom. The first-order valence-corrected chi connectivity index (χ1v) is 5.39. The van der Waals surface area contributed by atoms with Crippen molar-refractivity contribution in [1.29, 1.82) is 0 Å². The zero-order valence-corrected chi connectivity index (χ0v) is 8.06. The van der Waals surface area contributed by atoms with Crippen LogP contribution in [0.3, 0.4) is 0 Å². The second-order valence-corrected chi connectivity index (χ2v) is 4.54. The number of nitrogens with one attached hydrogen (secondary N) is 1. The summed E-state index contributed by atoms with van der Waals surface area (Å²) in [6.45, 7) is 0.978. The van der Waals surface area contributed by atoms with E-state index < -0.39 is 5.67 Å². The Morgan fingerprint density at radius 1 is 1.31 bits per heavy atom. The van der Waals surface area contributed by atoms with Gasteiger partial charge in [-0.1, -0.05) is 0 Å². The number of hydrogen-bond acceptors (Lipinski definition) is 2. The molecule has 0 aromatic heterocycles. The molecule has 3 heteroatoms. The monoisotopic (exact) mass is 186 g/mol. The van der Waals surface area contributed by atoms with Crippen molar-refractivity contribution in [2.45, 2.75) is 56.3 Å². The molecule has 3 atom stereocenters. The van der Waals surface area contributed by atoms with Gasteiger partial charge in [-0.15, -0.1) is 0 Å². The lowest BCUT2D eigenvalue weighted by Crippen LogP contribution is -2.50. The van der Waals surface area contributed by atoms with Crippen molar-refractivity contribution < 1.29 is 4.39 Å². The normalized spacial score (nSPS) is 46.6. The van der Waals surface area contributed by atoms with E-state index in [2.05, 4.69) is 5.32 Å². The standard InChI is InChI=1S/C10H19FN2/c11-10(9-4-2-6-13-9)5-1-3-8(12)7-10/h8-9,13H,1-7,12H2. The molecule has 0 amide bonds. The van der Waals surface area contributed by atoms with E-state index in [9.17, 15) is 4.39 Å². The van der Waals surface area contributed by atoms with Gasteiger partial charge in [0.1, 0.15) is 5.67 Å². The molecule has 0 radical (unpaired) electrons. The molecular weight excluding hydrogens is 167 g/mol. The molecule has 1 saturated carbocycles. The van der Waals surface area contributed by atoms with E-state index in [0.717, 1.165) is 32.2 Å². The van der Waals surface area contributed by atoms with Crippen molar-refractivity contribution >= 4 is 0 Å². The Labute approximate surface area is 79.1 Å². The summed E-state index contributed by atoms with van der Waals surface area (Å²) >= 11 is 0. The molecule has 0 aromatic carbocycles. The fourth-order valence-electron chi connectivity index (χ4n) is 2.74. The predicted molar refractivity (Wildman–Crippen MR) is 51.3 cm³/mol. The van der Waals surface area contributed by atoms with E-state index in [-0.39, 0.29) is 12.1 Å².